The van der Waals surface area contributed by atoms with Crippen LogP contribution in [0.5, 0.6) is 0 Å². The molecule has 0 saturated carbocycles. The van der Waals surface area contributed by atoms with Gasteiger partial charge in [-0.2, -0.15) is 9.50 Å². The van der Waals surface area contributed by atoms with E-state index in [-0.39, 0.29) is 5.56 Å². The van der Waals surface area contributed by atoms with Gasteiger partial charge in [-0.3, -0.25) is 9.89 Å². The summed E-state index contributed by atoms with van der Waals surface area (Å²) in [4.78, 5) is 21.4. The van der Waals surface area contributed by atoms with Gasteiger partial charge in [0.15, 0.2) is 0 Å². The molecule has 0 atom stereocenters. The topological polar surface area (TPSA) is 75.1 Å². The molecule has 7 heteroatoms. The second kappa shape index (κ2) is 5.70. The smallest absolute Gasteiger partial charge is 0.277 e. The van der Waals surface area contributed by atoms with Crippen LogP contribution in [0.3, 0.4) is 0 Å². The molecule has 0 spiro atoms. The minimum absolute atomic E-state index is 0.0308. The zero-order chi connectivity index (χ0) is 15.8. The number of hydrogen-bond donors (Lipinski definition) is 2. The normalized spacial score (nSPS) is 14.0. The average molecular weight is 330 g/mol. The fourth-order valence-corrected chi connectivity index (χ4v) is 3.04. The lowest BCUT2D eigenvalue weighted by Crippen LogP contribution is -2.25. The van der Waals surface area contributed by atoms with Gasteiger partial charge in [0.1, 0.15) is 0 Å². The summed E-state index contributed by atoms with van der Waals surface area (Å²) >= 11 is 5.88. The lowest BCUT2D eigenvalue weighted by molar-refractivity contribution is 0.650. The highest BCUT2D eigenvalue weighted by atomic mass is 35.5. The third-order valence-corrected chi connectivity index (χ3v) is 4.39. The fraction of sp³-hybridized carbons (Fsp3) is 0.312. The number of aromatic amines is 1. The van der Waals surface area contributed by atoms with Gasteiger partial charge in [-0.15, -0.1) is 0 Å². The minimum Gasteiger partial charge on any atom is -0.351 e. The number of benzene rings is 1. The Morgan fingerprint density at radius 3 is 2.78 bits per heavy atom. The molecule has 4 rings (SSSR count). The summed E-state index contributed by atoms with van der Waals surface area (Å²) in [7, 11) is 0. The highest BCUT2D eigenvalue weighted by Gasteiger charge is 2.18. The van der Waals surface area contributed by atoms with Crippen LogP contribution in [-0.4, -0.2) is 19.6 Å². The van der Waals surface area contributed by atoms with Gasteiger partial charge in [-0.1, -0.05) is 23.7 Å². The van der Waals surface area contributed by atoms with Crippen LogP contribution >= 0.6 is 11.6 Å². The summed E-state index contributed by atoms with van der Waals surface area (Å²) < 4.78 is 1.42. The summed E-state index contributed by atoms with van der Waals surface area (Å²) in [5, 5.41) is 6.87. The number of aryl methyl sites for hydroxylation is 1. The van der Waals surface area contributed by atoms with Gasteiger partial charge >= 0.3 is 0 Å². The van der Waals surface area contributed by atoms with Crippen molar-refractivity contribution in [3.8, 4) is 0 Å². The van der Waals surface area contributed by atoms with E-state index >= 15 is 0 Å². The van der Waals surface area contributed by atoms with E-state index in [1.165, 1.54) is 4.52 Å². The van der Waals surface area contributed by atoms with Crippen LogP contribution in [-0.2, 0) is 19.4 Å². The molecule has 6 nitrogen and oxygen atoms in total. The van der Waals surface area contributed by atoms with Gasteiger partial charge in [0, 0.05) is 17.1 Å². The first-order valence-electron chi connectivity index (χ1n) is 7.69. The molecule has 0 unspecified atom stereocenters. The predicted octanol–water partition coefficient (Wildman–Crippen LogP) is 2.56. The van der Waals surface area contributed by atoms with Gasteiger partial charge in [0.25, 0.3) is 11.3 Å². The first kappa shape index (κ1) is 14.3. The molecule has 0 saturated heterocycles. The number of anilines is 1. The Morgan fingerprint density at radius 1 is 1.17 bits per heavy atom. The summed E-state index contributed by atoms with van der Waals surface area (Å²) in [5.74, 6) is 0.959. The van der Waals surface area contributed by atoms with E-state index in [9.17, 15) is 4.79 Å². The maximum absolute atomic E-state index is 12.5. The van der Waals surface area contributed by atoms with Crippen LogP contribution in [0.15, 0.2) is 29.1 Å². The average Bonchev–Trinajstić information content (AvgIpc) is 2.98. The van der Waals surface area contributed by atoms with E-state index in [0.717, 1.165) is 42.5 Å². The molecule has 1 aliphatic rings. The van der Waals surface area contributed by atoms with Crippen molar-refractivity contribution in [3.63, 3.8) is 0 Å². The van der Waals surface area contributed by atoms with Gasteiger partial charge in [0.2, 0.25) is 5.95 Å². The van der Waals surface area contributed by atoms with Crippen molar-refractivity contribution >= 4 is 23.3 Å². The van der Waals surface area contributed by atoms with E-state index in [0.29, 0.717) is 23.3 Å². The third kappa shape index (κ3) is 2.70. The molecule has 0 bridgehead atoms. The zero-order valence-corrected chi connectivity index (χ0v) is 13.2. The van der Waals surface area contributed by atoms with Crippen LogP contribution in [0, 0.1) is 0 Å². The lowest BCUT2D eigenvalue weighted by atomic mass is 9.97. The molecule has 0 fully saturated rings. The molecule has 1 aromatic carbocycles. The van der Waals surface area contributed by atoms with E-state index < -0.39 is 0 Å². The molecule has 118 valence electrons. The van der Waals surface area contributed by atoms with Gasteiger partial charge in [0.05, 0.1) is 5.69 Å². The van der Waals surface area contributed by atoms with Crippen molar-refractivity contribution in [2.45, 2.75) is 32.2 Å². The molecule has 1 aliphatic carbocycles. The molecule has 0 aliphatic heterocycles. The Morgan fingerprint density at radius 2 is 1.96 bits per heavy atom. The van der Waals surface area contributed by atoms with Crippen LogP contribution in [0.2, 0.25) is 5.02 Å². The molecule has 0 amide bonds. The SMILES string of the molecule is O=c1c2c(nc3nc(NCc4ccc(Cl)cc4)[nH]n13)CCCC2. The van der Waals surface area contributed by atoms with Crippen molar-refractivity contribution in [2.75, 3.05) is 5.32 Å². The van der Waals surface area contributed by atoms with Crippen molar-refractivity contribution in [1.82, 2.24) is 19.6 Å². The largest absolute Gasteiger partial charge is 0.351 e. The summed E-state index contributed by atoms with van der Waals surface area (Å²) in [5.41, 5.74) is 2.77. The fourth-order valence-electron chi connectivity index (χ4n) is 2.91. The van der Waals surface area contributed by atoms with Crippen LogP contribution in [0.4, 0.5) is 5.95 Å². The molecular formula is C16H16ClN5O. The quantitative estimate of drug-likeness (QED) is 0.774. The molecule has 23 heavy (non-hydrogen) atoms. The monoisotopic (exact) mass is 329 g/mol. The first-order valence-corrected chi connectivity index (χ1v) is 8.07. The number of rotatable bonds is 3. The van der Waals surface area contributed by atoms with Crippen LogP contribution in [0.25, 0.3) is 5.78 Å². The Hall–Kier alpha value is -2.34. The molecular weight excluding hydrogens is 314 g/mol. The number of H-pyrrole nitrogens is 1. The van der Waals surface area contributed by atoms with Crippen molar-refractivity contribution in [1.29, 1.82) is 0 Å². The van der Waals surface area contributed by atoms with E-state index in [4.69, 9.17) is 11.6 Å². The summed E-state index contributed by atoms with van der Waals surface area (Å²) in [6.07, 6.45) is 3.80. The Bertz CT molecular complexity index is 913. The minimum atomic E-state index is -0.0308. The van der Waals surface area contributed by atoms with Gasteiger partial charge in [-0.05, 0) is 43.4 Å². The Kier molecular flexibility index (Phi) is 3.53. The van der Waals surface area contributed by atoms with E-state index in [1.54, 1.807) is 0 Å². The number of halogens is 1. The molecule has 2 N–H and O–H groups in total. The molecule has 2 aromatic heterocycles. The molecule has 3 aromatic rings. The molecule has 2 heterocycles. The van der Waals surface area contributed by atoms with Crippen molar-refractivity contribution in [3.05, 3.63) is 56.5 Å². The maximum Gasteiger partial charge on any atom is 0.277 e. The Labute approximate surface area is 137 Å². The zero-order valence-electron chi connectivity index (χ0n) is 12.5. The highest BCUT2D eigenvalue weighted by molar-refractivity contribution is 6.30. The Balaban J connectivity index is 1.62. The highest BCUT2D eigenvalue weighted by Crippen LogP contribution is 2.17. The summed E-state index contributed by atoms with van der Waals surface area (Å²) in [6.45, 7) is 0.589. The lowest BCUT2D eigenvalue weighted by Gasteiger charge is -2.12. The summed E-state index contributed by atoms with van der Waals surface area (Å²) in [6, 6.07) is 7.58. The maximum atomic E-state index is 12.5. The van der Waals surface area contributed by atoms with E-state index in [2.05, 4.69) is 20.4 Å². The first-order chi connectivity index (χ1) is 11.2. The second-order valence-corrected chi connectivity index (χ2v) is 6.17. The van der Waals surface area contributed by atoms with Gasteiger partial charge in [-0.25, -0.2) is 4.98 Å². The standard InChI is InChI=1S/C16H16ClN5O/c17-11-7-5-10(6-8-11)9-18-15-20-16-19-13-4-2-1-3-12(13)14(23)22(16)21-15/h5-8H,1-4,9H2,(H2,18,19,20,21). The van der Waals surface area contributed by atoms with Crippen LogP contribution in [0.1, 0.15) is 29.7 Å². The number of hydrogen-bond acceptors (Lipinski definition) is 4. The van der Waals surface area contributed by atoms with Crippen molar-refractivity contribution < 1.29 is 0 Å². The molecule has 0 radical (unpaired) electrons. The predicted molar refractivity (Wildman–Crippen MR) is 89.0 cm³/mol. The number of aromatic nitrogens is 4. The van der Waals surface area contributed by atoms with E-state index in [1.807, 2.05) is 24.3 Å². The van der Waals surface area contributed by atoms with Crippen molar-refractivity contribution in [2.24, 2.45) is 0 Å². The van der Waals surface area contributed by atoms with Gasteiger partial charge < -0.3 is 5.32 Å². The van der Waals surface area contributed by atoms with Crippen LogP contribution < -0.4 is 10.9 Å². The third-order valence-electron chi connectivity index (χ3n) is 4.14. The number of nitrogens with one attached hydrogen (secondary N) is 2. The second-order valence-electron chi connectivity index (χ2n) is 5.74. The number of fused-ring (bicyclic) bond motifs is 2. The number of nitrogens with zero attached hydrogens (tertiary/aromatic N) is 3.